The lowest BCUT2D eigenvalue weighted by atomic mass is 10.2. The number of aliphatic hydroxyl groups is 2. The molecule has 1 saturated carbocycles. The average Bonchev–Trinajstić information content (AvgIpc) is 3.44. The van der Waals surface area contributed by atoms with Crippen molar-refractivity contribution in [2.45, 2.75) is 69.5 Å². The van der Waals surface area contributed by atoms with E-state index in [9.17, 15) is 5.11 Å². The molecule has 8 nitrogen and oxygen atoms in total. The second kappa shape index (κ2) is 10.8. The number of hydrogen-bond acceptors (Lipinski definition) is 9. The van der Waals surface area contributed by atoms with Crippen LogP contribution in [-0.2, 0) is 4.74 Å². The van der Waals surface area contributed by atoms with Crippen LogP contribution < -0.4 is 16.4 Å². The fourth-order valence-electron chi connectivity index (χ4n) is 2.39. The van der Waals surface area contributed by atoms with Crippen LogP contribution in [0.4, 0.5) is 17.3 Å². The molecule has 1 aromatic heterocycles. The zero-order valence-corrected chi connectivity index (χ0v) is 16.4. The van der Waals surface area contributed by atoms with Crippen molar-refractivity contribution in [2.75, 3.05) is 35.3 Å². The summed E-state index contributed by atoms with van der Waals surface area (Å²) in [5.41, 5.74) is 6.63. The van der Waals surface area contributed by atoms with Gasteiger partial charge in [0.25, 0.3) is 0 Å². The van der Waals surface area contributed by atoms with Gasteiger partial charge in [0.1, 0.15) is 11.9 Å². The predicted octanol–water partition coefficient (Wildman–Crippen LogP) is 2.04. The Morgan fingerprint density at radius 2 is 2.04 bits per heavy atom. The molecule has 0 aliphatic heterocycles. The van der Waals surface area contributed by atoms with Gasteiger partial charge in [-0.2, -0.15) is 0 Å². The van der Waals surface area contributed by atoms with E-state index in [4.69, 9.17) is 15.6 Å². The number of aliphatic hydroxyl groups excluding tert-OH is 2. The fourth-order valence-corrected chi connectivity index (χ4v) is 3.08. The van der Waals surface area contributed by atoms with Crippen LogP contribution in [0, 0.1) is 0 Å². The lowest BCUT2D eigenvalue weighted by Gasteiger charge is -2.22. The normalized spacial score (nSPS) is 16.3. The number of thioether (sulfide) groups is 1. The maximum absolute atomic E-state index is 10.4. The molecule has 148 valence electrons. The van der Waals surface area contributed by atoms with Crippen LogP contribution in [-0.4, -0.2) is 57.5 Å². The molecule has 2 unspecified atom stereocenters. The summed E-state index contributed by atoms with van der Waals surface area (Å²) in [5.74, 6) is 1.98. The summed E-state index contributed by atoms with van der Waals surface area (Å²) in [5, 5.41) is 26.2. The summed E-state index contributed by atoms with van der Waals surface area (Å²) in [6, 6.07) is 0.422. The molecule has 1 aromatic rings. The third kappa shape index (κ3) is 6.79. The molecule has 9 heteroatoms. The first-order valence-corrected chi connectivity index (χ1v) is 10.3. The number of aromatic nitrogens is 2. The number of rotatable bonds is 13. The van der Waals surface area contributed by atoms with Gasteiger partial charge in [0.05, 0.1) is 19.3 Å². The maximum atomic E-state index is 10.4. The molecule has 2 rings (SSSR count). The van der Waals surface area contributed by atoms with E-state index in [1.165, 1.54) is 0 Å². The summed E-state index contributed by atoms with van der Waals surface area (Å²) in [7, 11) is 0. The first-order valence-electron chi connectivity index (χ1n) is 9.31. The van der Waals surface area contributed by atoms with E-state index >= 15 is 0 Å². The van der Waals surface area contributed by atoms with E-state index in [0.29, 0.717) is 34.9 Å². The molecule has 0 aromatic carbocycles. The van der Waals surface area contributed by atoms with Gasteiger partial charge < -0.3 is 31.3 Å². The topological polar surface area (TPSA) is 126 Å². The largest absolute Gasteiger partial charge is 0.394 e. The first-order chi connectivity index (χ1) is 12.6. The van der Waals surface area contributed by atoms with Crippen molar-refractivity contribution in [3.05, 3.63) is 0 Å². The highest BCUT2D eigenvalue weighted by Crippen LogP contribution is 2.32. The van der Waals surface area contributed by atoms with Gasteiger partial charge in [-0.25, -0.2) is 9.97 Å². The zero-order chi connectivity index (χ0) is 18.9. The lowest BCUT2D eigenvalue weighted by molar-refractivity contribution is 0.00131. The summed E-state index contributed by atoms with van der Waals surface area (Å²) in [6.07, 6.45) is 3.38. The van der Waals surface area contributed by atoms with Crippen molar-refractivity contribution >= 4 is 29.1 Å². The van der Waals surface area contributed by atoms with Gasteiger partial charge >= 0.3 is 0 Å². The molecule has 0 radical (unpaired) electrons. The molecule has 1 fully saturated rings. The van der Waals surface area contributed by atoms with Crippen LogP contribution in [0.1, 0.15) is 46.0 Å². The summed E-state index contributed by atoms with van der Waals surface area (Å²) >= 11 is 1.57. The molecule has 1 aliphatic carbocycles. The van der Waals surface area contributed by atoms with E-state index in [2.05, 4.69) is 27.5 Å². The Bertz CT molecular complexity index is 559. The van der Waals surface area contributed by atoms with Gasteiger partial charge in [0.15, 0.2) is 16.8 Å². The zero-order valence-electron chi connectivity index (χ0n) is 15.6. The molecule has 0 spiro atoms. The Morgan fingerprint density at radius 3 is 2.65 bits per heavy atom. The van der Waals surface area contributed by atoms with E-state index < -0.39 is 6.23 Å². The standard InChI is InChI=1S/C17H31N5O3S/c1-3-9-26-17-21-15(19-11-5-6-11)14(18)16(22-17)20-13(24)10-12(4-2)25-8-7-23/h11-13,23-24H,3-10,18H2,1-2H3,(H2,19,20,21,22). The molecular weight excluding hydrogens is 354 g/mol. The quantitative estimate of drug-likeness (QED) is 0.197. The monoisotopic (exact) mass is 385 g/mol. The second-order valence-corrected chi connectivity index (χ2v) is 7.47. The van der Waals surface area contributed by atoms with Crippen LogP contribution in [0.15, 0.2) is 5.16 Å². The maximum Gasteiger partial charge on any atom is 0.191 e. The number of anilines is 3. The summed E-state index contributed by atoms with van der Waals surface area (Å²) in [6.45, 7) is 4.31. The number of ether oxygens (including phenoxy) is 1. The highest BCUT2D eigenvalue weighted by Gasteiger charge is 2.24. The Hall–Kier alpha value is -1.29. The molecule has 0 saturated heterocycles. The van der Waals surface area contributed by atoms with Gasteiger partial charge in [-0.15, -0.1) is 0 Å². The van der Waals surface area contributed by atoms with Crippen LogP contribution in [0.5, 0.6) is 0 Å². The molecule has 0 bridgehead atoms. The number of nitrogen functional groups attached to an aromatic ring is 1. The van der Waals surface area contributed by atoms with Crippen molar-refractivity contribution in [1.29, 1.82) is 0 Å². The third-order valence-electron chi connectivity index (χ3n) is 3.97. The highest BCUT2D eigenvalue weighted by molar-refractivity contribution is 7.99. The van der Waals surface area contributed by atoms with E-state index in [-0.39, 0.29) is 19.3 Å². The SMILES string of the molecule is CCCSc1nc(NC(O)CC(CC)OCCO)c(N)c(NC2CC2)n1. The van der Waals surface area contributed by atoms with Crippen LogP contribution in [0.2, 0.25) is 0 Å². The molecule has 0 amide bonds. The smallest absolute Gasteiger partial charge is 0.191 e. The number of nitrogens with zero attached hydrogens (tertiary/aromatic N) is 2. The second-order valence-electron chi connectivity index (χ2n) is 6.40. The molecule has 1 heterocycles. The Labute approximate surface area is 159 Å². The van der Waals surface area contributed by atoms with Gasteiger partial charge in [-0.05, 0) is 25.7 Å². The van der Waals surface area contributed by atoms with E-state index in [0.717, 1.165) is 31.4 Å². The van der Waals surface area contributed by atoms with E-state index in [1.54, 1.807) is 11.8 Å². The highest BCUT2D eigenvalue weighted by atomic mass is 32.2. The minimum absolute atomic E-state index is 0.0346. The van der Waals surface area contributed by atoms with Gasteiger partial charge in [-0.3, -0.25) is 0 Å². The minimum Gasteiger partial charge on any atom is -0.394 e. The first kappa shape index (κ1) is 21.0. The summed E-state index contributed by atoms with van der Waals surface area (Å²) in [4.78, 5) is 8.99. The molecule has 26 heavy (non-hydrogen) atoms. The van der Waals surface area contributed by atoms with Crippen molar-refractivity contribution < 1.29 is 14.9 Å². The van der Waals surface area contributed by atoms with E-state index in [1.807, 2.05) is 6.92 Å². The predicted molar refractivity (Wildman–Crippen MR) is 105 cm³/mol. The van der Waals surface area contributed by atoms with Gasteiger partial charge in [-0.1, -0.05) is 25.6 Å². The fraction of sp³-hybridized carbons (Fsp3) is 0.765. The van der Waals surface area contributed by atoms with Crippen molar-refractivity contribution in [3.8, 4) is 0 Å². The molecule has 1 aliphatic rings. The molecular formula is C17H31N5O3S. The number of nitrogens with one attached hydrogen (secondary N) is 2. The number of nitrogens with two attached hydrogens (primary N) is 1. The number of hydrogen-bond donors (Lipinski definition) is 5. The van der Waals surface area contributed by atoms with Crippen LogP contribution in [0.25, 0.3) is 0 Å². The third-order valence-corrected chi connectivity index (χ3v) is 5.02. The summed E-state index contributed by atoms with van der Waals surface area (Å²) < 4.78 is 5.51. The van der Waals surface area contributed by atoms with Crippen molar-refractivity contribution in [1.82, 2.24) is 9.97 Å². The van der Waals surface area contributed by atoms with Gasteiger partial charge in [0, 0.05) is 18.2 Å². The Kier molecular flexibility index (Phi) is 8.70. The van der Waals surface area contributed by atoms with Gasteiger partial charge in [0.2, 0.25) is 0 Å². The molecule has 6 N–H and O–H groups in total. The van der Waals surface area contributed by atoms with Crippen LogP contribution in [0.3, 0.4) is 0 Å². The Balaban J connectivity index is 2.07. The minimum atomic E-state index is -0.853. The average molecular weight is 386 g/mol. The molecule has 2 atom stereocenters. The Morgan fingerprint density at radius 1 is 1.31 bits per heavy atom. The van der Waals surface area contributed by atoms with Crippen molar-refractivity contribution in [2.24, 2.45) is 0 Å². The lowest BCUT2D eigenvalue weighted by Crippen LogP contribution is -2.28. The van der Waals surface area contributed by atoms with Crippen LogP contribution >= 0.6 is 11.8 Å². The van der Waals surface area contributed by atoms with Crippen molar-refractivity contribution in [3.63, 3.8) is 0 Å².